The molecule has 2 aromatic rings. The molecular weight excluding hydrogens is 306 g/mol. The Labute approximate surface area is 141 Å². The molecule has 0 aromatic carbocycles. The van der Waals surface area contributed by atoms with E-state index in [9.17, 15) is 4.79 Å². The summed E-state index contributed by atoms with van der Waals surface area (Å²) < 4.78 is 2.17. The number of hydrogen-bond donors (Lipinski definition) is 0. The number of carbonyl (C=O) groups is 1. The molecule has 23 heavy (non-hydrogen) atoms. The van der Waals surface area contributed by atoms with Crippen molar-refractivity contribution in [3.05, 3.63) is 45.5 Å². The van der Waals surface area contributed by atoms with Crippen LogP contribution >= 0.6 is 11.3 Å². The third kappa shape index (κ3) is 4.16. The molecule has 0 spiro atoms. The Morgan fingerprint density at radius 2 is 2.09 bits per heavy atom. The fourth-order valence-corrected chi connectivity index (χ4v) is 3.68. The van der Waals surface area contributed by atoms with Crippen LogP contribution in [0.3, 0.4) is 0 Å². The van der Waals surface area contributed by atoms with Gasteiger partial charge in [-0.3, -0.25) is 9.78 Å². The maximum Gasteiger partial charge on any atom is 0.281 e. The van der Waals surface area contributed by atoms with Crippen LogP contribution in [0.5, 0.6) is 0 Å². The first-order valence-electron chi connectivity index (χ1n) is 7.90. The smallest absolute Gasteiger partial charge is 0.281 e. The monoisotopic (exact) mass is 331 g/mol. The van der Waals surface area contributed by atoms with Crippen molar-refractivity contribution >= 4 is 17.2 Å². The summed E-state index contributed by atoms with van der Waals surface area (Å²) >= 11 is 1.61. The molecule has 2 rings (SSSR count). The van der Waals surface area contributed by atoms with Crippen LogP contribution in [-0.2, 0) is 12.0 Å². The number of thiazole rings is 1. The van der Waals surface area contributed by atoms with Crippen molar-refractivity contribution in [1.82, 2.24) is 9.55 Å². The van der Waals surface area contributed by atoms with Gasteiger partial charge in [0.15, 0.2) is 4.80 Å². The van der Waals surface area contributed by atoms with Gasteiger partial charge in [0, 0.05) is 29.5 Å². The van der Waals surface area contributed by atoms with Crippen molar-refractivity contribution in [2.75, 3.05) is 0 Å². The zero-order chi connectivity index (χ0) is 17.2. The first-order chi connectivity index (χ1) is 10.7. The topological polar surface area (TPSA) is 47.2 Å². The fraction of sp³-hybridized carbons (Fsp3) is 0.500. The van der Waals surface area contributed by atoms with Crippen LogP contribution in [0.15, 0.2) is 29.5 Å². The molecule has 124 valence electrons. The summed E-state index contributed by atoms with van der Waals surface area (Å²) in [5.41, 5.74) is 1.76. The van der Waals surface area contributed by atoms with Gasteiger partial charge in [-0.25, -0.2) is 0 Å². The fourth-order valence-electron chi connectivity index (χ4n) is 2.49. The lowest BCUT2D eigenvalue weighted by Gasteiger charge is -2.18. The van der Waals surface area contributed by atoms with Gasteiger partial charge in [-0.1, -0.05) is 34.6 Å². The highest BCUT2D eigenvalue weighted by Crippen LogP contribution is 2.28. The Kier molecular flexibility index (Phi) is 5.19. The maximum atomic E-state index is 12.4. The molecule has 2 heterocycles. The Balaban J connectivity index is 2.56. The van der Waals surface area contributed by atoms with Gasteiger partial charge in [0.25, 0.3) is 5.91 Å². The molecule has 0 atom stereocenters. The Hall–Kier alpha value is -1.75. The van der Waals surface area contributed by atoms with E-state index in [0.717, 1.165) is 11.3 Å². The highest BCUT2D eigenvalue weighted by molar-refractivity contribution is 7.09. The summed E-state index contributed by atoms with van der Waals surface area (Å²) in [5.74, 6) is 0.251. The Morgan fingerprint density at radius 3 is 2.61 bits per heavy atom. The summed E-state index contributed by atoms with van der Waals surface area (Å²) in [7, 11) is 0. The number of nitrogens with zero attached hydrogens (tertiary/aromatic N) is 3. The van der Waals surface area contributed by atoms with Crippen LogP contribution in [0.4, 0.5) is 0 Å². The number of aromatic nitrogens is 2. The zero-order valence-electron chi connectivity index (χ0n) is 14.8. The number of rotatable bonds is 3. The molecule has 0 aliphatic heterocycles. The summed E-state index contributed by atoms with van der Waals surface area (Å²) in [4.78, 5) is 22.8. The average molecular weight is 331 g/mol. The SMILES string of the molecule is Cc1c(C(C)(C)C)s/c(=N\C(=O)c2cccnc2)n1CC(C)C. The average Bonchev–Trinajstić information content (AvgIpc) is 2.76. The largest absolute Gasteiger partial charge is 0.320 e. The summed E-state index contributed by atoms with van der Waals surface area (Å²) in [6, 6.07) is 3.50. The number of carbonyl (C=O) groups excluding carboxylic acids is 1. The minimum absolute atomic E-state index is 0.0403. The van der Waals surface area contributed by atoms with E-state index in [0.29, 0.717) is 11.5 Å². The maximum absolute atomic E-state index is 12.4. The molecule has 0 saturated heterocycles. The lowest BCUT2D eigenvalue weighted by Crippen LogP contribution is -2.21. The van der Waals surface area contributed by atoms with Gasteiger partial charge in [-0.05, 0) is 30.4 Å². The molecule has 0 N–H and O–H groups in total. The van der Waals surface area contributed by atoms with E-state index in [-0.39, 0.29) is 11.3 Å². The molecule has 0 fully saturated rings. The van der Waals surface area contributed by atoms with Crippen molar-refractivity contribution in [2.45, 2.75) is 53.5 Å². The van der Waals surface area contributed by atoms with Crippen LogP contribution in [0, 0.1) is 12.8 Å². The molecule has 0 bridgehead atoms. The standard InChI is InChI=1S/C18H25N3OS/c1-12(2)11-21-13(3)15(18(4,5)6)23-17(21)20-16(22)14-8-7-9-19-10-14/h7-10,12H,11H2,1-6H3/b20-17-. The van der Waals surface area contributed by atoms with Crippen molar-refractivity contribution in [3.63, 3.8) is 0 Å². The predicted molar refractivity (Wildman–Crippen MR) is 94.7 cm³/mol. The van der Waals surface area contributed by atoms with E-state index in [1.54, 1.807) is 35.9 Å². The van der Waals surface area contributed by atoms with Crippen LogP contribution in [0.1, 0.15) is 55.5 Å². The van der Waals surface area contributed by atoms with Crippen LogP contribution in [0.25, 0.3) is 0 Å². The highest BCUT2D eigenvalue weighted by atomic mass is 32.1. The predicted octanol–water partition coefficient (Wildman–Crippen LogP) is 3.95. The third-order valence-electron chi connectivity index (χ3n) is 3.49. The highest BCUT2D eigenvalue weighted by Gasteiger charge is 2.22. The first kappa shape index (κ1) is 17.6. The van der Waals surface area contributed by atoms with E-state index in [4.69, 9.17) is 0 Å². The van der Waals surface area contributed by atoms with Crippen molar-refractivity contribution in [3.8, 4) is 0 Å². The quantitative estimate of drug-likeness (QED) is 0.855. The molecule has 5 heteroatoms. The van der Waals surface area contributed by atoms with Gasteiger partial charge in [0.05, 0.1) is 5.56 Å². The lowest BCUT2D eigenvalue weighted by molar-refractivity contribution is 0.0997. The van der Waals surface area contributed by atoms with E-state index < -0.39 is 0 Å². The summed E-state index contributed by atoms with van der Waals surface area (Å²) in [5, 5.41) is 0. The molecule has 0 aliphatic rings. The van der Waals surface area contributed by atoms with Gasteiger partial charge in [0.1, 0.15) is 0 Å². The summed E-state index contributed by atoms with van der Waals surface area (Å²) in [6.45, 7) is 13.9. The Morgan fingerprint density at radius 1 is 1.39 bits per heavy atom. The van der Waals surface area contributed by atoms with Gasteiger partial charge >= 0.3 is 0 Å². The molecule has 0 saturated carbocycles. The van der Waals surface area contributed by atoms with Gasteiger partial charge in [-0.2, -0.15) is 4.99 Å². The van der Waals surface area contributed by atoms with Gasteiger partial charge in [-0.15, -0.1) is 11.3 Å². The minimum Gasteiger partial charge on any atom is -0.320 e. The molecule has 0 unspecified atom stereocenters. The third-order valence-corrected chi connectivity index (χ3v) is 5.10. The van der Waals surface area contributed by atoms with Crippen LogP contribution in [-0.4, -0.2) is 15.5 Å². The zero-order valence-corrected chi connectivity index (χ0v) is 15.6. The van der Waals surface area contributed by atoms with Crippen LogP contribution in [0.2, 0.25) is 0 Å². The summed E-state index contributed by atoms with van der Waals surface area (Å²) in [6.07, 6.45) is 3.21. The van der Waals surface area contributed by atoms with Crippen molar-refractivity contribution in [1.29, 1.82) is 0 Å². The molecule has 1 amide bonds. The second-order valence-electron chi connectivity index (χ2n) is 7.21. The molecule has 4 nitrogen and oxygen atoms in total. The van der Waals surface area contributed by atoms with Crippen molar-refractivity contribution < 1.29 is 4.79 Å². The lowest BCUT2D eigenvalue weighted by atomic mass is 9.93. The second-order valence-corrected chi connectivity index (χ2v) is 8.19. The molecule has 0 radical (unpaired) electrons. The molecular formula is C18H25N3OS. The Bertz CT molecular complexity index is 749. The van der Waals surface area contributed by atoms with Crippen molar-refractivity contribution in [2.24, 2.45) is 10.9 Å². The van der Waals surface area contributed by atoms with E-state index in [1.165, 1.54) is 10.6 Å². The minimum atomic E-state index is -0.239. The van der Waals surface area contributed by atoms with Gasteiger partial charge < -0.3 is 4.57 Å². The first-order valence-corrected chi connectivity index (χ1v) is 8.71. The van der Waals surface area contributed by atoms with Gasteiger partial charge in [0.2, 0.25) is 0 Å². The number of hydrogen-bond acceptors (Lipinski definition) is 3. The number of pyridine rings is 1. The van der Waals surface area contributed by atoms with E-state index >= 15 is 0 Å². The molecule has 2 aromatic heterocycles. The van der Waals surface area contributed by atoms with E-state index in [1.807, 2.05) is 0 Å². The van der Waals surface area contributed by atoms with E-state index in [2.05, 4.69) is 56.1 Å². The normalized spacial score (nSPS) is 12.9. The second kappa shape index (κ2) is 6.79. The van der Waals surface area contributed by atoms with Crippen LogP contribution < -0.4 is 4.80 Å². The molecule has 0 aliphatic carbocycles. The number of amides is 1.